The number of hydrogen-bond acceptors (Lipinski definition) is 2. The van der Waals surface area contributed by atoms with Gasteiger partial charge in [0.1, 0.15) is 5.82 Å². The minimum Gasteiger partial charge on any atom is -0.382 e. The van der Waals surface area contributed by atoms with Crippen molar-refractivity contribution in [2.45, 2.75) is 25.8 Å². The van der Waals surface area contributed by atoms with Gasteiger partial charge in [0.05, 0.1) is 0 Å². The molecule has 0 radical (unpaired) electrons. The van der Waals surface area contributed by atoms with E-state index in [1.54, 1.807) is 12.1 Å². The first-order chi connectivity index (χ1) is 7.65. The second-order valence-electron chi connectivity index (χ2n) is 3.61. The first kappa shape index (κ1) is 13.4. The molecule has 0 bridgehead atoms. The summed E-state index contributed by atoms with van der Waals surface area (Å²) in [7, 11) is 0. The largest absolute Gasteiger partial charge is 0.382 e. The molecule has 0 aliphatic rings. The van der Waals surface area contributed by atoms with Crippen molar-refractivity contribution < 1.29 is 9.13 Å². The summed E-state index contributed by atoms with van der Waals surface area (Å²) < 4.78 is 18.7. The molecule has 2 nitrogen and oxygen atoms in total. The Balaban J connectivity index is 2.49. The van der Waals surface area contributed by atoms with E-state index >= 15 is 0 Å². The van der Waals surface area contributed by atoms with Gasteiger partial charge in [-0.05, 0) is 31.9 Å². The molecule has 0 spiro atoms. The molecule has 0 heterocycles. The maximum atomic E-state index is 13.5. The van der Waals surface area contributed by atoms with Gasteiger partial charge in [0, 0.05) is 29.8 Å². The fraction of sp³-hybridized carbons (Fsp3) is 0.500. The lowest BCUT2D eigenvalue weighted by Crippen LogP contribution is -2.13. The van der Waals surface area contributed by atoms with Crippen LogP contribution in [-0.2, 0) is 4.74 Å². The molecule has 2 N–H and O–H groups in total. The average Bonchev–Trinajstić information content (AvgIpc) is 2.24. The summed E-state index contributed by atoms with van der Waals surface area (Å²) in [5.41, 5.74) is 6.40. The van der Waals surface area contributed by atoms with E-state index in [2.05, 4.69) is 0 Å². The number of hydrogen-bond donors (Lipinski definition) is 1. The topological polar surface area (TPSA) is 35.2 Å². The van der Waals surface area contributed by atoms with Crippen LogP contribution >= 0.6 is 11.6 Å². The molecule has 4 heteroatoms. The molecule has 0 aromatic heterocycles. The highest BCUT2D eigenvalue weighted by molar-refractivity contribution is 6.30. The molecular formula is C12H17ClFNO. The predicted octanol–water partition coefficient (Wildman–Crippen LogP) is 3.30. The number of benzene rings is 1. The van der Waals surface area contributed by atoms with E-state index in [4.69, 9.17) is 22.1 Å². The van der Waals surface area contributed by atoms with E-state index in [9.17, 15) is 4.39 Å². The van der Waals surface area contributed by atoms with Gasteiger partial charge in [0.25, 0.3) is 0 Å². The highest BCUT2D eigenvalue weighted by Gasteiger charge is 2.11. The molecule has 1 atom stereocenters. The lowest BCUT2D eigenvalue weighted by atomic mass is 10.0. The Morgan fingerprint density at radius 2 is 2.25 bits per heavy atom. The van der Waals surface area contributed by atoms with Gasteiger partial charge < -0.3 is 10.5 Å². The smallest absolute Gasteiger partial charge is 0.129 e. The fourth-order valence-corrected chi connectivity index (χ4v) is 1.67. The number of rotatable bonds is 6. The molecule has 0 aliphatic heterocycles. The van der Waals surface area contributed by atoms with Crippen molar-refractivity contribution in [3.8, 4) is 0 Å². The molecule has 0 fully saturated rings. The Kier molecular flexibility index (Phi) is 5.74. The monoisotopic (exact) mass is 245 g/mol. The zero-order valence-corrected chi connectivity index (χ0v) is 10.1. The second kappa shape index (κ2) is 6.84. The highest BCUT2D eigenvalue weighted by atomic mass is 35.5. The van der Waals surface area contributed by atoms with Crippen molar-refractivity contribution in [3.63, 3.8) is 0 Å². The summed E-state index contributed by atoms with van der Waals surface area (Å²) >= 11 is 5.67. The van der Waals surface area contributed by atoms with Gasteiger partial charge in [-0.1, -0.05) is 17.7 Å². The third-order valence-electron chi connectivity index (χ3n) is 2.37. The molecule has 1 aromatic carbocycles. The molecule has 1 rings (SSSR count). The number of nitrogens with two attached hydrogens (primary N) is 1. The molecule has 1 aromatic rings. The van der Waals surface area contributed by atoms with Crippen molar-refractivity contribution >= 4 is 11.6 Å². The van der Waals surface area contributed by atoms with Crippen LogP contribution in [0.25, 0.3) is 0 Å². The highest BCUT2D eigenvalue weighted by Crippen LogP contribution is 2.22. The summed E-state index contributed by atoms with van der Waals surface area (Å²) in [6.07, 6.45) is 1.54. The molecule has 1 unspecified atom stereocenters. The second-order valence-corrected chi connectivity index (χ2v) is 4.05. The van der Waals surface area contributed by atoms with E-state index in [1.165, 1.54) is 6.07 Å². The van der Waals surface area contributed by atoms with E-state index in [0.717, 1.165) is 6.42 Å². The lowest BCUT2D eigenvalue weighted by molar-refractivity contribution is 0.142. The molecule has 0 saturated heterocycles. The van der Waals surface area contributed by atoms with Gasteiger partial charge in [-0.3, -0.25) is 0 Å². The first-order valence-corrected chi connectivity index (χ1v) is 5.81. The molecular weight excluding hydrogens is 229 g/mol. The van der Waals surface area contributed by atoms with E-state index < -0.39 is 0 Å². The van der Waals surface area contributed by atoms with Gasteiger partial charge in [0.2, 0.25) is 0 Å². The Hall–Kier alpha value is -0.640. The number of ether oxygens (including phenoxy) is 1. The Labute approximate surface area is 101 Å². The van der Waals surface area contributed by atoms with E-state index in [0.29, 0.717) is 30.2 Å². The van der Waals surface area contributed by atoms with Crippen LogP contribution in [0.5, 0.6) is 0 Å². The van der Waals surface area contributed by atoms with Gasteiger partial charge in [-0.25, -0.2) is 4.39 Å². The third-order valence-corrected chi connectivity index (χ3v) is 2.60. The van der Waals surface area contributed by atoms with E-state index in [-0.39, 0.29) is 11.9 Å². The molecule has 0 amide bonds. The van der Waals surface area contributed by atoms with Gasteiger partial charge >= 0.3 is 0 Å². The van der Waals surface area contributed by atoms with Crippen LogP contribution in [0.1, 0.15) is 31.4 Å². The first-order valence-electron chi connectivity index (χ1n) is 5.43. The zero-order chi connectivity index (χ0) is 12.0. The van der Waals surface area contributed by atoms with Crippen molar-refractivity contribution in [3.05, 3.63) is 34.6 Å². The minimum absolute atomic E-state index is 0.294. The number of halogens is 2. The predicted molar refractivity (Wildman–Crippen MR) is 64.1 cm³/mol. The van der Waals surface area contributed by atoms with Crippen molar-refractivity contribution in [1.82, 2.24) is 0 Å². The van der Waals surface area contributed by atoms with Crippen LogP contribution in [-0.4, -0.2) is 13.2 Å². The van der Waals surface area contributed by atoms with Crippen LogP contribution < -0.4 is 5.73 Å². The van der Waals surface area contributed by atoms with Gasteiger partial charge in [-0.2, -0.15) is 0 Å². The molecule has 90 valence electrons. The quantitative estimate of drug-likeness (QED) is 0.781. The maximum Gasteiger partial charge on any atom is 0.129 e. The van der Waals surface area contributed by atoms with Crippen molar-refractivity contribution in [2.75, 3.05) is 13.2 Å². The summed E-state index contributed by atoms with van der Waals surface area (Å²) in [4.78, 5) is 0. The Morgan fingerprint density at radius 1 is 1.50 bits per heavy atom. The average molecular weight is 246 g/mol. The SMILES string of the molecule is CCOCCCC(N)c1ccc(Cl)cc1F. The summed E-state index contributed by atoms with van der Waals surface area (Å²) in [5, 5.41) is 0.391. The van der Waals surface area contributed by atoms with Crippen LogP contribution in [0, 0.1) is 5.82 Å². The van der Waals surface area contributed by atoms with E-state index in [1.807, 2.05) is 6.92 Å². The summed E-state index contributed by atoms with van der Waals surface area (Å²) in [6.45, 7) is 3.31. The summed E-state index contributed by atoms with van der Waals surface area (Å²) in [5.74, 6) is -0.337. The van der Waals surface area contributed by atoms with Crippen LogP contribution in [0.15, 0.2) is 18.2 Å². The summed E-state index contributed by atoms with van der Waals surface area (Å²) in [6, 6.07) is 4.29. The van der Waals surface area contributed by atoms with Gasteiger partial charge in [-0.15, -0.1) is 0 Å². The zero-order valence-electron chi connectivity index (χ0n) is 9.38. The van der Waals surface area contributed by atoms with Crippen molar-refractivity contribution in [1.29, 1.82) is 0 Å². The van der Waals surface area contributed by atoms with Crippen LogP contribution in [0.4, 0.5) is 4.39 Å². The maximum absolute atomic E-state index is 13.5. The van der Waals surface area contributed by atoms with Crippen LogP contribution in [0.3, 0.4) is 0 Å². The Bertz CT molecular complexity index is 333. The van der Waals surface area contributed by atoms with Gasteiger partial charge in [0.15, 0.2) is 0 Å². The Morgan fingerprint density at radius 3 is 2.88 bits per heavy atom. The molecule has 0 aliphatic carbocycles. The molecule has 16 heavy (non-hydrogen) atoms. The van der Waals surface area contributed by atoms with Crippen molar-refractivity contribution in [2.24, 2.45) is 5.73 Å². The third kappa shape index (κ3) is 4.08. The van der Waals surface area contributed by atoms with Crippen LogP contribution in [0.2, 0.25) is 5.02 Å². The normalized spacial score (nSPS) is 12.8. The lowest BCUT2D eigenvalue weighted by Gasteiger charge is -2.13. The fourth-order valence-electron chi connectivity index (χ4n) is 1.51. The minimum atomic E-state index is -0.337. The standard InChI is InChI=1S/C12H17ClFNO/c1-2-16-7-3-4-12(15)10-6-5-9(13)8-11(10)14/h5-6,8,12H,2-4,7,15H2,1H3. The molecule has 0 saturated carbocycles.